The molecule has 0 aliphatic heterocycles. The second-order valence-corrected chi connectivity index (χ2v) is 7.30. The van der Waals surface area contributed by atoms with Gasteiger partial charge in [-0.1, -0.05) is 13.8 Å². The van der Waals surface area contributed by atoms with Crippen molar-refractivity contribution >= 4 is 29.2 Å². The van der Waals surface area contributed by atoms with Crippen LogP contribution in [0, 0.1) is 11.7 Å². The number of hydrogen-bond acceptors (Lipinski definition) is 5. The summed E-state index contributed by atoms with van der Waals surface area (Å²) in [5.74, 6) is -2.49. The standard InChI is InChI=1S/C22H26FN3O4/c1-14(2)20(25-21(28)15-5-7-16(23)8-6-15)22(29)30-13-19(27)24-17-9-11-18(12-10-17)26(3)4/h5-12,14,20H,13H2,1-4H3,(H,24,27)(H,25,28)/t20-/m1/s1. The smallest absolute Gasteiger partial charge is 0.329 e. The Morgan fingerprint density at radius 1 is 1.00 bits per heavy atom. The molecule has 1 atom stereocenters. The van der Waals surface area contributed by atoms with Crippen LogP contribution in [0.5, 0.6) is 0 Å². The second-order valence-electron chi connectivity index (χ2n) is 7.30. The van der Waals surface area contributed by atoms with Crippen LogP contribution in [0.4, 0.5) is 15.8 Å². The Kier molecular flexibility index (Phi) is 7.91. The largest absolute Gasteiger partial charge is 0.454 e. The van der Waals surface area contributed by atoms with Gasteiger partial charge in [0.05, 0.1) is 0 Å². The average molecular weight is 415 g/mol. The van der Waals surface area contributed by atoms with E-state index in [0.29, 0.717) is 5.69 Å². The molecule has 0 unspecified atom stereocenters. The minimum absolute atomic E-state index is 0.216. The highest BCUT2D eigenvalue weighted by molar-refractivity contribution is 5.97. The van der Waals surface area contributed by atoms with E-state index in [-0.39, 0.29) is 11.5 Å². The van der Waals surface area contributed by atoms with Gasteiger partial charge in [0, 0.05) is 31.0 Å². The highest BCUT2D eigenvalue weighted by Crippen LogP contribution is 2.15. The van der Waals surface area contributed by atoms with E-state index in [0.717, 1.165) is 17.8 Å². The molecule has 0 radical (unpaired) electrons. The Balaban J connectivity index is 1.90. The molecule has 0 spiro atoms. The van der Waals surface area contributed by atoms with Crippen molar-refractivity contribution in [2.75, 3.05) is 30.9 Å². The molecule has 160 valence electrons. The fourth-order valence-corrected chi connectivity index (χ4v) is 2.59. The first-order valence-electron chi connectivity index (χ1n) is 9.47. The molecule has 0 bridgehead atoms. The van der Waals surface area contributed by atoms with Gasteiger partial charge in [0.15, 0.2) is 6.61 Å². The number of carbonyl (C=O) groups excluding carboxylic acids is 3. The van der Waals surface area contributed by atoms with Crippen LogP contribution in [0.25, 0.3) is 0 Å². The molecular formula is C22H26FN3O4. The Bertz CT molecular complexity index is 880. The zero-order chi connectivity index (χ0) is 22.3. The molecule has 0 aromatic heterocycles. The second kappa shape index (κ2) is 10.4. The molecule has 2 aromatic carbocycles. The van der Waals surface area contributed by atoms with Crippen molar-refractivity contribution in [1.82, 2.24) is 5.32 Å². The van der Waals surface area contributed by atoms with Gasteiger partial charge >= 0.3 is 5.97 Å². The van der Waals surface area contributed by atoms with Crippen molar-refractivity contribution in [3.05, 3.63) is 59.9 Å². The lowest BCUT2D eigenvalue weighted by Gasteiger charge is -2.21. The van der Waals surface area contributed by atoms with Crippen molar-refractivity contribution in [3.63, 3.8) is 0 Å². The van der Waals surface area contributed by atoms with Crippen LogP contribution in [-0.4, -0.2) is 44.5 Å². The first kappa shape index (κ1) is 22.9. The monoisotopic (exact) mass is 415 g/mol. The summed E-state index contributed by atoms with van der Waals surface area (Å²) in [6, 6.07) is 11.2. The summed E-state index contributed by atoms with van der Waals surface area (Å²) in [4.78, 5) is 38.7. The van der Waals surface area contributed by atoms with Crippen LogP contribution in [0.2, 0.25) is 0 Å². The van der Waals surface area contributed by atoms with Gasteiger partial charge < -0.3 is 20.3 Å². The van der Waals surface area contributed by atoms with E-state index in [2.05, 4.69) is 10.6 Å². The maximum atomic E-state index is 13.0. The predicted octanol–water partition coefficient (Wildman–Crippen LogP) is 2.83. The molecule has 0 saturated heterocycles. The quantitative estimate of drug-likeness (QED) is 0.648. The van der Waals surface area contributed by atoms with Crippen LogP contribution in [0.3, 0.4) is 0 Å². The number of amides is 2. The van der Waals surface area contributed by atoms with Crippen LogP contribution in [0.15, 0.2) is 48.5 Å². The molecule has 0 heterocycles. The molecule has 0 saturated carbocycles. The van der Waals surface area contributed by atoms with Gasteiger partial charge in [0.2, 0.25) is 0 Å². The lowest BCUT2D eigenvalue weighted by molar-refractivity contribution is -0.150. The number of anilines is 2. The third-order valence-corrected chi connectivity index (χ3v) is 4.33. The SMILES string of the molecule is CC(C)[C@@H](NC(=O)c1ccc(F)cc1)C(=O)OCC(=O)Nc1ccc(N(C)C)cc1. The summed E-state index contributed by atoms with van der Waals surface area (Å²) in [5.41, 5.74) is 1.77. The minimum atomic E-state index is -0.949. The number of nitrogens with one attached hydrogen (secondary N) is 2. The van der Waals surface area contributed by atoms with Gasteiger partial charge in [-0.05, 0) is 54.4 Å². The van der Waals surface area contributed by atoms with E-state index in [4.69, 9.17) is 4.74 Å². The van der Waals surface area contributed by atoms with E-state index in [1.807, 2.05) is 31.1 Å². The minimum Gasteiger partial charge on any atom is -0.454 e. The van der Waals surface area contributed by atoms with Gasteiger partial charge in [-0.3, -0.25) is 9.59 Å². The summed E-state index contributed by atoms with van der Waals surface area (Å²) in [6.07, 6.45) is 0. The molecule has 7 nitrogen and oxygen atoms in total. The number of ether oxygens (including phenoxy) is 1. The van der Waals surface area contributed by atoms with Crippen molar-refractivity contribution < 1.29 is 23.5 Å². The van der Waals surface area contributed by atoms with E-state index < -0.39 is 36.2 Å². The summed E-state index contributed by atoms with van der Waals surface area (Å²) < 4.78 is 18.1. The van der Waals surface area contributed by atoms with Gasteiger partial charge in [-0.15, -0.1) is 0 Å². The van der Waals surface area contributed by atoms with E-state index in [9.17, 15) is 18.8 Å². The molecule has 0 aliphatic carbocycles. The molecule has 2 N–H and O–H groups in total. The number of carbonyl (C=O) groups is 3. The summed E-state index contributed by atoms with van der Waals surface area (Å²) in [5, 5.41) is 5.22. The van der Waals surface area contributed by atoms with Crippen LogP contribution in [0.1, 0.15) is 24.2 Å². The topological polar surface area (TPSA) is 87.7 Å². The number of hydrogen-bond donors (Lipinski definition) is 2. The van der Waals surface area contributed by atoms with Crippen molar-refractivity contribution in [3.8, 4) is 0 Å². The summed E-state index contributed by atoms with van der Waals surface area (Å²) in [7, 11) is 3.82. The normalized spacial score (nSPS) is 11.5. The molecule has 2 rings (SSSR count). The van der Waals surface area contributed by atoms with Gasteiger partial charge in [-0.25, -0.2) is 9.18 Å². The first-order chi connectivity index (χ1) is 14.2. The number of rotatable bonds is 8. The highest BCUT2D eigenvalue weighted by atomic mass is 19.1. The predicted molar refractivity (Wildman–Crippen MR) is 113 cm³/mol. The zero-order valence-electron chi connectivity index (χ0n) is 17.4. The summed E-state index contributed by atoms with van der Waals surface area (Å²) >= 11 is 0. The maximum Gasteiger partial charge on any atom is 0.329 e. The Hall–Kier alpha value is -3.42. The third kappa shape index (κ3) is 6.58. The van der Waals surface area contributed by atoms with Gasteiger partial charge in [-0.2, -0.15) is 0 Å². The third-order valence-electron chi connectivity index (χ3n) is 4.33. The lowest BCUT2D eigenvalue weighted by atomic mass is 10.0. The molecule has 30 heavy (non-hydrogen) atoms. The molecule has 0 fully saturated rings. The van der Waals surface area contributed by atoms with Gasteiger partial charge in [0.25, 0.3) is 11.8 Å². The summed E-state index contributed by atoms with van der Waals surface area (Å²) in [6.45, 7) is 3.00. The van der Waals surface area contributed by atoms with Crippen LogP contribution in [-0.2, 0) is 14.3 Å². The van der Waals surface area contributed by atoms with E-state index >= 15 is 0 Å². The van der Waals surface area contributed by atoms with Crippen molar-refractivity contribution in [2.45, 2.75) is 19.9 Å². The number of benzene rings is 2. The zero-order valence-corrected chi connectivity index (χ0v) is 17.4. The molecular weight excluding hydrogens is 389 g/mol. The fourth-order valence-electron chi connectivity index (χ4n) is 2.59. The fraction of sp³-hybridized carbons (Fsp3) is 0.318. The maximum absolute atomic E-state index is 13.0. The average Bonchev–Trinajstić information content (AvgIpc) is 2.70. The Morgan fingerprint density at radius 3 is 2.13 bits per heavy atom. The molecule has 2 amide bonds. The lowest BCUT2D eigenvalue weighted by Crippen LogP contribution is -2.45. The van der Waals surface area contributed by atoms with Crippen molar-refractivity contribution in [2.24, 2.45) is 5.92 Å². The van der Waals surface area contributed by atoms with E-state index in [1.54, 1.807) is 26.0 Å². The van der Waals surface area contributed by atoms with E-state index in [1.165, 1.54) is 12.1 Å². The number of nitrogens with zero attached hydrogens (tertiary/aromatic N) is 1. The van der Waals surface area contributed by atoms with Crippen LogP contribution >= 0.6 is 0 Å². The Morgan fingerprint density at radius 2 is 1.60 bits per heavy atom. The number of halogens is 1. The van der Waals surface area contributed by atoms with Gasteiger partial charge in [0.1, 0.15) is 11.9 Å². The van der Waals surface area contributed by atoms with Crippen molar-refractivity contribution in [1.29, 1.82) is 0 Å². The number of esters is 1. The highest BCUT2D eigenvalue weighted by Gasteiger charge is 2.26. The molecule has 0 aliphatic rings. The molecule has 8 heteroatoms. The first-order valence-corrected chi connectivity index (χ1v) is 9.47. The molecule has 2 aromatic rings. The van der Waals surface area contributed by atoms with Crippen LogP contribution < -0.4 is 15.5 Å². The Labute approximate surface area is 175 Å².